The highest BCUT2D eigenvalue weighted by Gasteiger charge is 2.34. The van der Waals surface area contributed by atoms with Crippen molar-refractivity contribution < 1.29 is 5.11 Å². The number of nitrogens with one attached hydrogen (secondary N) is 1. The molecule has 2 aromatic heterocycles. The third kappa shape index (κ3) is 3.91. The van der Waals surface area contributed by atoms with Crippen LogP contribution in [0, 0.1) is 12.3 Å². The van der Waals surface area contributed by atoms with Gasteiger partial charge in [-0.2, -0.15) is 5.10 Å². The standard InChI is InChI=1S/C21H32N6O/c1-14-15(12-24-26(14)4)11-22-18-9-21(2,3)10-19-17(18)13-23-20(25-19)27-7-5-16(28)6-8-27/h12-13,16,18,22,28H,5-11H2,1-4H3. The van der Waals surface area contributed by atoms with Crippen LogP contribution >= 0.6 is 0 Å². The van der Waals surface area contributed by atoms with E-state index in [1.54, 1.807) is 0 Å². The van der Waals surface area contributed by atoms with Crippen LogP contribution in [0.5, 0.6) is 0 Å². The summed E-state index contributed by atoms with van der Waals surface area (Å²) in [5.41, 5.74) is 5.01. The maximum absolute atomic E-state index is 9.76. The average Bonchev–Trinajstić information content (AvgIpc) is 2.97. The summed E-state index contributed by atoms with van der Waals surface area (Å²) in [6, 6.07) is 0.246. The van der Waals surface area contributed by atoms with E-state index in [0.717, 1.165) is 57.0 Å². The first-order chi connectivity index (χ1) is 13.3. The molecule has 1 atom stereocenters. The van der Waals surface area contributed by atoms with Crippen LogP contribution in [0.1, 0.15) is 61.7 Å². The fourth-order valence-corrected chi connectivity index (χ4v) is 4.39. The van der Waals surface area contributed by atoms with Gasteiger partial charge < -0.3 is 15.3 Å². The van der Waals surface area contributed by atoms with Crippen molar-refractivity contribution in [2.24, 2.45) is 12.5 Å². The number of aryl methyl sites for hydroxylation is 1. The third-order valence-electron chi connectivity index (χ3n) is 6.29. The van der Waals surface area contributed by atoms with Crippen LogP contribution in [0.15, 0.2) is 12.4 Å². The zero-order chi connectivity index (χ0) is 19.9. The maximum Gasteiger partial charge on any atom is 0.225 e. The van der Waals surface area contributed by atoms with Crippen molar-refractivity contribution >= 4 is 5.95 Å². The highest BCUT2D eigenvalue weighted by Crippen LogP contribution is 2.40. The first kappa shape index (κ1) is 19.3. The number of aliphatic hydroxyl groups is 1. The monoisotopic (exact) mass is 384 g/mol. The van der Waals surface area contributed by atoms with Gasteiger partial charge in [0.15, 0.2) is 0 Å². The van der Waals surface area contributed by atoms with E-state index in [1.807, 2.05) is 24.1 Å². The van der Waals surface area contributed by atoms with Gasteiger partial charge >= 0.3 is 0 Å². The fraction of sp³-hybridized carbons (Fsp3) is 0.667. The Morgan fingerprint density at radius 3 is 2.68 bits per heavy atom. The number of anilines is 1. The molecule has 1 unspecified atom stereocenters. The first-order valence-corrected chi connectivity index (χ1v) is 10.3. The summed E-state index contributed by atoms with van der Waals surface area (Å²) in [5, 5.41) is 17.8. The molecule has 2 aliphatic rings. The molecule has 0 aromatic carbocycles. The van der Waals surface area contributed by atoms with Crippen molar-refractivity contribution in [2.45, 2.75) is 65.1 Å². The van der Waals surface area contributed by atoms with Gasteiger partial charge in [-0.1, -0.05) is 13.8 Å². The Hall–Kier alpha value is -1.99. The molecule has 1 saturated heterocycles. The molecule has 4 rings (SSSR count). The molecule has 0 spiro atoms. The molecule has 0 amide bonds. The summed E-state index contributed by atoms with van der Waals surface area (Å²) < 4.78 is 1.92. The topological polar surface area (TPSA) is 79.1 Å². The maximum atomic E-state index is 9.76. The van der Waals surface area contributed by atoms with Gasteiger partial charge in [0.2, 0.25) is 5.95 Å². The van der Waals surface area contributed by atoms with Crippen molar-refractivity contribution in [3.63, 3.8) is 0 Å². The largest absolute Gasteiger partial charge is 0.393 e. The molecule has 2 aromatic rings. The molecule has 1 aliphatic heterocycles. The lowest BCUT2D eigenvalue weighted by atomic mass is 9.74. The van der Waals surface area contributed by atoms with Crippen LogP contribution in [0.4, 0.5) is 5.95 Å². The number of nitrogens with zero attached hydrogens (tertiary/aromatic N) is 5. The number of hydrogen-bond acceptors (Lipinski definition) is 6. The molecule has 0 bridgehead atoms. The van der Waals surface area contributed by atoms with E-state index in [0.29, 0.717) is 0 Å². The number of piperidine rings is 1. The van der Waals surface area contributed by atoms with Crippen molar-refractivity contribution in [2.75, 3.05) is 18.0 Å². The Balaban J connectivity index is 1.54. The van der Waals surface area contributed by atoms with Gasteiger partial charge in [-0.05, 0) is 38.0 Å². The van der Waals surface area contributed by atoms with E-state index in [9.17, 15) is 5.11 Å². The highest BCUT2D eigenvalue weighted by atomic mass is 16.3. The van der Waals surface area contributed by atoms with E-state index < -0.39 is 0 Å². The van der Waals surface area contributed by atoms with Gasteiger partial charge in [0.1, 0.15) is 0 Å². The Morgan fingerprint density at radius 1 is 1.25 bits per heavy atom. The van der Waals surface area contributed by atoms with Crippen molar-refractivity contribution in [1.82, 2.24) is 25.1 Å². The number of aliphatic hydroxyl groups excluding tert-OH is 1. The summed E-state index contributed by atoms with van der Waals surface area (Å²) in [6.07, 6.45) is 7.41. The second-order valence-corrected chi connectivity index (χ2v) is 9.15. The molecule has 152 valence electrons. The molecule has 1 fully saturated rings. The molecule has 0 saturated carbocycles. The van der Waals surface area contributed by atoms with Gasteiger partial charge in [-0.25, -0.2) is 9.97 Å². The Bertz CT molecular complexity index is 837. The number of aromatic nitrogens is 4. The Kier molecular flexibility index (Phi) is 5.14. The van der Waals surface area contributed by atoms with Gasteiger partial charge in [-0.15, -0.1) is 0 Å². The van der Waals surface area contributed by atoms with E-state index in [-0.39, 0.29) is 17.6 Å². The van der Waals surface area contributed by atoms with Crippen LogP contribution in [-0.4, -0.2) is 44.0 Å². The third-order valence-corrected chi connectivity index (χ3v) is 6.29. The van der Waals surface area contributed by atoms with Crippen LogP contribution in [0.3, 0.4) is 0 Å². The molecular weight excluding hydrogens is 352 g/mol. The molecular formula is C21H32N6O. The lowest BCUT2D eigenvalue weighted by Gasteiger charge is -2.37. The van der Waals surface area contributed by atoms with Crippen LogP contribution < -0.4 is 10.2 Å². The molecule has 28 heavy (non-hydrogen) atoms. The van der Waals surface area contributed by atoms with E-state index >= 15 is 0 Å². The summed E-state index contributed by atoms with van der Waals surface area (Å²) in [6.45, 7) is 9.19. The van der Waals surface area contributed by atoms with Crippen molar-refractivity contribution in [3.05, 3.63) is 34.9 Å². The Labute approximate surface area is 167 Å². The number of rotatable bonds is 4. The van der Waals surface area contributed by atoms with Crippen LogP contribution in [0.25, 0.3) is 0 Å². The zero-order valence-electron chi connectivity index (χ0n) is 17.4. The quantitative estimate of drug-likeness (QED) is 0.842. The predicted octanol–water partition coefficient (Wildman–Crippen LogP) is 2.28. The SMILES string of the molecule is Cc1c(CNC2CC(C)(C)Cc3nc(N4CCC(O)CC4)ncc32)cnn1C. The highest BCUT2D eigenvalue weighted by molar-refractivity contribution is 5.37. The second-order valence-electron chi connectivity index (χ2n) is 9.15. The average molecular weight is 385 g/mol. The molecule has 0 radical (unpaired) electrons. The normalized spacial score (nSPS) is 22.3. The molecule has 7 nitrogen and oxygen atoms in total. The summed E-state index contributed by atoms with van der Waals surface area (Å²) in [7, 11) is 1.98. The van der Waals surface area contributed by atoms with Gasteiger partial charge in [0, 0.05) is 55.7 Å². The van der Waals surface area contributed by atoms with Gasteiger partial charge in [-0.3, -0.25) is 4.68 Å². The zero-order valence-corrected chi connectivity index (χ0v) is 17.4. The Morgan fingerprint density at radius 2 is 2.00 bits per heavy atom. The van der Waals surface area contributed by atoms with E-state index in [4.69, 9.17) is 9.97 Å². The lowest BCUT2D eigenvalue weighted by Crippen LogP contribution is -2.38. The molecule has 1 aliphatic carbocycles. The first-order valence-electron chi connectivity index (χ1n) is 10.3. The predicted molar refractivity (Wildman–Crippen MR) is 109 cm³/mol. The fourth-order valence-electron chi connectivity index (χ4n) is 4.39. The number of hydrogen-bond donors (Lipinski definition) is 2. The minimum absolute atomic E-state index is 0.183. The minimum Gasteiger partial charge on any atom is -0.393 e. The summed E-state index contributed by atoms with van der Waals surface area (Å²) >= 11 is 0. The van der Waals surface area contributed by atoms with Crippen molar-refractivity contribution in [3.8, 4) is 0 Å². The molecule has 2 N–H and O–H groups in total. The van der Waals surface area contributed by atoms with Crippen LogP contribution in [0.2, 0.25) is 0 Å². The second kappa shape index (κ2) is 7.44. The minimum atomic E-state index is -0.183. The van der Waals surface area contributed by atoms with E-state index in [1.165, 1.54) is 16.8 Å². The van der Waals surface area contributed by atoms with Crippen LogP contribution in [-0.2, 0) is 20.0 Å². The van der Waals surface area contributed by atoms with Crippen molar-refractivity contribution in [1.29, 1.82) is 0 Å². The molecule has 7 heteroatoms. The van der Waals surface area contributed by atoms with Gasteiger partial charge in [0.25, 0.3) is 0 Å². The van der Waals surface area contributed by atoms with E-state index in [2.05, 4.69) is 36.1 Å². The summed E-state index contributed by atoms with van der Waals surface area (Å²) in [4.78, 5) is 11.9. The summed E-state index contributed by atoms with van der Waals surface area (Å²) in [5.74, 6) is 0.810. The molecule has 3 heterocycles. The van der Waals surface area contributed by atoms with Gasteiger partial charge in [0.05, 0.1) is 18.0 Å². The smallest absolute Gasteiger partial charge is 0.225 e. The number of fused-ring (bicyclic) bond motifs is 1. The lowest BCUT2D eigenvalue weighted by molar-refractivity contribution is 0.145.